The maximum absolute atomic E-state index is 10.8. The molecule has 1 heterocycles. The molecule has 7 heteroatoms. The number of rotatable bonds is 5. The molecule has 0 aliphatic carbocycles. The van der Waals surface area contributed by atoms with E-state index in [9.17, 15) is 4.79 Å². The zero-order valence-corrected chi connectivity index (χ0v) is 8.90. The van der Waals surface area contributed by atoms with Crippen LogP contribution in [0.25, 0.3) is 0 Å². The first-order chi connectivity index (χ1) is 7.15. The second-order valence-corrected chi connectivity index (χ2v) is 3.84. The maximum atomic E-state index is 10.8. The summed E-state index contributed by atoms with van der Waals surface area (Å²) in [7, 11) is 1.44. The van der Waals surface area contributed by atoms with Crippen molar-refractivity contribution in [2.75, 3.05) is 19.5 Å². The standard InChI is InChI=1S/C8H11N3O3S/c1-14-4-5(8(12)13)15-7-6(9)10-2-3-11-7/h2-3,5H,4H2,1H3,(H2,9,10)(H,12,13). The Hall–Kier alpha value is -1.34. The molecule has 1 rings (SSSR count). The van der Waals surface area contributed by atoms with Gasteiger partial charge in [0.15, 0.2) is 5.82 Å². The topological polar surface area (TPSA) is 98.3 Å². The minimum Gasteiger partial charge on any atom is -0.480 e. The van der Waals surface area contributed by atoms with E-state index in [0.717, 1.165) is 11.8 Å². The maximum Gasteiger partial charge on any atom is 0.319 e. The third-order valence-corrected chi connectivity index (χ3v) is 2.70. The fourth-order valence-electron chi connectivity index (χ4n) is 0.869. The van der Waals surface area contributed by atoms with Crippen molar-refractivity contribution in [3.8, 4) is 0 Å². The molecule has 0 saturated carbocycles. The number of nitrogen functional groups attached to an aromatic ring is 1. The summed E-state index contributed by atoms with van der Waals surface area (Å²) >= 11 is 1.02. The minimum absolute atomic E-state index is 0.0933. The van der Waals surface area contributed by atoms with Crippen molar-refractivity contribution in [3.05, 3.63) is 12.4 Å². The number of carbonyl (C=O) groups is 1. The summed E-state index contributed by atoms with van der Waals surface area (Å²) in [4.78, 5) is 18.6. The van der Waals surface area contributed by atoms with Crippen molar-refractivity contribution in [2.45, 2.75) is 10.3 Å². The number of hydrogen-bond donors (Lipinski definition) is 2. The summed E-state index contributed by atoms with van der Waals surface area (Å²) in [6.07, 6.45) is 2.91. The van der Waals surface area contributed by atoms with Crippen molar-refractivity contribution in [2.24, 2.45) is 0 Å². The number of nitrogens with two attached hydrogens (primary N) is 1. The zero-order valence-electron chi connectivity index (χ0n) is 8.08. The van der Waals surface area contributed by atoms with E-state index in [-0.39, 0.29) is 12.4 Å². The number of aromatic nitrogens is 2. The SMILES string of the molecule is COCC(Sc1nccnc1N)C(=O)O. The van der Waals surface area contributed by atoms with Gasteiger partial charge in [-0.25, -0.2) is 9.97 Å². The molecule has 3 N–H and O–H groups in total. The van der Waals surface area contributed by atoms with Crippen molar-refractivity contribution in [3.63, 3.8) is 0 Å². The van der Waals surface area contributed by atoms with Gasteiger partial charge in [0.2, 0.25) is 0 Å². The van der Waals surface area contributed by atoms with E-state index in [0.29, 0.717) is 5.03 Å². The lowest BCUT2D eigenvalue weighted by molar-refractivity contribution is -0.137. The van der Waals surface area contributed by atoms with Crippen LogP contribution in [0.4, 0.5) is 5.82 Å². The molecule has 0 aliphatic heterocycles. The second-order valence-electron chi connectivity index (χ2n) is 2.65. The number of thioether (sulfide) groups is 1. The quantitative estimate of drug-likeness (QED) is 0.698. The Morgan fingerprint density at radius 2 is 2.33 bits per heavy atom. The summed E-state index contributed by atoms with van der Waals surface area (Å²) < 4.78 is 4.79. The van der Waals surface area contributed by atoms with Gasteiger partial charge in [-0.15, -0.1) is 0 Å². The molecule has 0 saturated heterocycles. The molecule has 0 spiro atoms. The Labute approximate surface area is 90.9 Å². The minimum atomic E-state index is -0.966. The second kappa shape index (κ2) is 5.52. The van der Waals surface area contributed by atoms with Crippen LogP contribution in [-0.4, -0.2) is 40.0 Å². The molecule has 0 aliphatic rings. The van der Waals surface area contributed by atoms with Gasteiger partial charge < -0.3 is 15.6 Å². The molecular weight excluding hydrogens is 218 g/mol. The number of methoxy groups -OCH3 is 1. The van der Waals surface area contributed by atoms with E-state index in [2.05, 4.69) is 9.97 Å². The summed E-state index contributed by atoms with van der Waals surface area (Å²) in [5.74, 6) is -0.739. The normalized spacial score (nSPS) is 12.3. The van der Waals surface area contributed by atoms with Crippen LogP contribution >= 0.6 is 11.8 Å². The van der Waals surface area contributed by atoms with Gasteiger partial charge in [-0.05, 0) is 0 Å². The van der Waals surface area contributed by atoms with Gasteiger partial charge in [0.25, 0.3) is 0 Å². The number of anilines is 1. The monoisotopic (exact) mass is 229 g/mol. The van der Waals surface area contributed by atoms with Crippen LogP contribution in [0.2, 0.25) is 0 Å². The third-order valence-electron chi connectivity index (χ3n) is 1.54. The number of nitrogens with zero attached hydrogens (tertiary/aromatic N) is 2. The predicted octanol–water partition coefficient (Wildman–Crippen LogP) is 0.251. The van der Waals surface area contributed by atoms with Gasteiger partial charge in [0.05, 0.1) is 6.61 Å². The number of carboxylic acid groups (broad SMARTS) is 1. The van der Waals surface area contributed by atoms with Crippen LogP contribution < -0.4 is 5.73 Å². The third kappa shape index (κ3) is 3.37. The molecule has 1 unspecified atom stereocenters. The molecule has 0 bridgehead atoms. The first-order valence-corrected chi connectivity index (χ1v) is 4.98. The van der Waals surface area contributed by atoms with E-state index in [1.807, 2.05) is 0 Å². The average molecular weight is 229 g/mol. The molecule has 82 valence electrons. The number of ether oxygens (including phenoxy) is 1. The van der Waals surface area contributed by atoms with Crippen LogP contribution in [0.15, 0.2) is 17.4 Å². The summed E-state index contributed by atoms with van der Waals surface area (Å²) in [6, 6.07) is 0. The number of carboxylic acids is 1. The van der Waals surface area contributed by atoms with Gasteiger partial charge in [-0.2, -0.15) is 0 Å². The van der Waals surface area contributed by atoms with E-state index in [4.69, 9.17) is 15.6 Å². The summed E-state index contributed by atoms with van der Waals surface area (Å²) in [5.41, 5.74) is 5.54. The highest BCUT2D eigenvalue weighted by Gasteiger charge is 2.20. The van der Waals surface area contributed by atoms with Crippen molar-refractivity contribution < 1.29 is 14.6 Å². The number of aliphatic carboxylic acids is 1. The predicted molar refractivity (Wildman–Crippen MR) is 55.6 cm³/mol. The Morgan fingerprint density at radius 1 is 1.67 bits per heavy atom. The molecular formula is C8H11N3O3S. The Bertz CT molecular complexity index is 348. The largest absolute Gasteiger partial charge is 0.480 e. The Balaban J connectivity index is 2.74. The molecule has 0 fully saturated rings. The zero-order chi connectivity index (χ0) is 11.3. The molecule has 0 aromatic carbocycles. The average Bonchev–Trinajstić information content (AvgIpc) is 2.20. The van der Waals surface area contributed by atoms with Crippen LogP contribution in [0.3, 0.4) is 0 Å². The first kappa shape index (κ1) is 11.7. The first-order valence-electron chi connectivity index (χ1n) is 4.10. The van der Waals surface area contributed by atoms with Gasteiger partial charge in [0.1, 0.15) is 10.3 Å². The van der Waals surface area contributed by atoms with Gasteiger partial charge in [-0.1, -0.05) is 11.8 Å². The van der Waals surface area contributed by atoms with Crippen LogP contribution in [-0.2, 0) is 9.53 Å². The molecule has 0 radical (unpaired) electrons. The molecule has 1 aromatic heterocycles. The van der Waals surface area contributed by atoms with E-state index < -0.39 is 11.2 Å². The lowest BCUT2D eigenvalue weighted by Gasteiger charge is -2.10. The molecule has 1 aromatic rings. The highest BCUT2D eigenvalue weighted by molar-refractivity contribution is 8.00. The van der Waals surface area contributed by atoms with Crippen LogP contribution in [0.5, 0.6) is 0 Å². The van der Waals surface area contributed by atoms with E-state index >= 15 is 0 Å². The molecule has 0 amide bonds. The summed E-state index contributed by atoms with van der Waals surface area (Å²) in [5, 5.41) is 8.54. The molecule has 15 heavy (non-hydrogen) atoms. The highest BCUT2D eigenvalue weighted by Crippen LogP contribution is 2.25. The highest BCUT2D eigenvalue weighted by atomic mass is 32.2. The Morgan fingerprint density at radius 3 is 2.87 bits per heavy atom. The van der Waals surface area contributed by atoms with Gasteiger partial charge in [-0.3, -0.25) is 4.79 Å². The van der Waals surface area contributed by atoms with Gasteiger partial charge >= 0.3 is 5.97 Å². The van der Waals surface area contributed by atoms with Crippen LogP contribution in [0, 0.1) is 0 Å². The van der Waals surface area contributed by atoms with Crippen molar-refractivity contribution >= 4 is 23.5 Å². The van der Waals surface area contributed by atoms with Gasteiger partial charge in [0, 0.05) is 19.5 Å². The number of hydrogen-bond acceptors (Lipinski definition) is 6. The smallest absolute Gasteiger partial charge is 0.319 e. The molecule has 1 atom stereocenters. The lowest BCUT2D eigenvalue weighted by Crippen LogP contribution is -2.22. The Kier molecular flexibility index (Phi) is 4.32. The fourth-order valence-corrected chi connectivity index (χ4v) is 1.74. The lowest BCUT2D eigenvalue weighted by atomic mass is 10.5. The fraction of sp³-hybridized carbons (Fsp3) is 0.375. The summed E-state index contributed by atoms with van der Waals surface area (Å²) in [6.45, 7) is 0.0933. The van der Waals surface area contributed by atoms with Crippen molar-refractivity contribution in [1.29, 1.82) is 0 Å². The van der Waals surface area contributed by atoms with Crippen molar-refractivity contribution in [1.82, 2.24) is 9.97 Å². The molecule has 6 nitrogen and oxygen atoms in total. The van der Waals surface area contributed by atoms with E-state index in [1.54, 1.807) is 0 Å². The van der Waals surface area contributed by atoms with E-state index in [1.165, 1.54) is 19.5 Å². The van der Waals surface area contributed by atoms with Crippen LogP contribution in [0.1, 0.15) is 0 Å².